The fourth-order valence-electron chi connectivity index (χ4n) is 1.78. The van der Waals surface area contributed by atoms with Gasteiger partial charge in [0.25, 0.3) is 5.56 Å². The second-order valence-electron chi connectivity index (χ2n) is 3.81. The second kappa shape index (κ2) is 4.41. The average molecular weight is 243 g/mol. The Morgan fingerprint density at radius 2 is 2.18 bits per heavy atom. The molecule has 0 radical (unpaired) electrons. The number of nitrogens with one attached hydrogen (secondary N) is 1. The van der Waals surface area contributed by atoms with Crippen LogP contribution < -0.4 is 11.3 Å². The third kappa shape index (κ3) is 2.03. The Kier molecular flexibility index (Phi) is 3.11. The minimum Gasteiger partial charge on any atom is -0.394 e. The molecule has 0 amide bonds. The van der Waals surface area contributed by atoms with Crippen LogP contribution in [0.3, 0.4) is 0 Å². The fraction of sp³-hybridized carbons (Fsp3) is 0.556. The number of aliphatic hydroxyl groups is 3. The summed E-state index contributed by atoms with van der Waals surface area (Å²) >= 11 is 0. The van der Waals surface area contributed by atoms with E-state index >= 15 is 0 Å². The van der Waals surface area contributed by atoms with Crippen molar-refractivity contribution < 1.29 is 20.1 Å². The van der Waals surface area contributed by atoms with Crippen molar-refractivity contribution in [3.05, 3.63) is 22.1 Å². The number of aromatic nitrogens is 2. The number of H-pyrrole nitrogens is 1. The molecule has 0 aliphatic carbocycles. The SMILES string of the molecule is Nc1nc(=O)c([C@@H]2O[C@H](CO)C(O)C2O)c[nH]1. The molecule has 2 rings (SSSR count). The molecule has 2 unspecified atom stereocenters. The number of hydrogen-bond donors (Lipinski definition) is 5. The van der Waals surface area contributed by atoms with Gasteiger partial charge in [0.15, 0.2) is 0 Å². The lowest BCUT2D eigenvalue weighted by Crippen LogP contribution is -2.33. The van der Waals surface area contributed by atoms with Gasteiger partial charge in [0.2, 0.25) is 5.95 Å². The minimum atomic E-state index is -1.29. The highest BCUT2D eigenvalue weighted by molar-refractivity contribution is 5.21. The predicted molar refractivity (Wildman–Crippen MR) is 56.0 cm³/mol. The minimum absolute atomic E-state index is 0.0505. The zero-order chi connectivity index (χ0) is 12.6. The highest BCUT2D eigenvalue weighted by Crippen LogP contribution is 2.31. The highest BCUT2D eigenvalue weighted by atomic mass is 16.6. The van der Waals surface area contributed by atoms with Gasteiger partial charge in [-0.15, -0.1) is 0 Å². The van der Waals surface area contributed by atoms with E-state index in [1.54, 1.807) is 0 Å². The first-order valence-corrected chi connectivity index (χ1v) is 5.02. The molecule has 8 nitrogen and oxygen atoms in total. The normalized spacial score (nSPS) is 32.9. The number of nitrogen functional groups attached to an aromatic ring is 1. The molecule has 1 aliphatic rings. The van der Waals surface area contributed by atoms with Crippen molar-refractivity contribution in [3.63, 3.8) is 0 Å². The number of anilines is 1. The second-order valence-corrected chi connectivity index (χ2v) is 3.81. The van der Waals surface area contributed by atoms with Gasteiger partial charge in [-0.2, -0.15) is 4.98 Å². The molecule has 0 saturated carbocycles. The number of aromatic amines is 1. The summed E-state index contributed by atoms with van der Waals surface area (Å²) < 4.78 is 5.19. The zero-order valence-corrected chi connectivity index (χ0v) is 8.78. The fourth-order valence-corrected chi connectivity index (χ4v) is 1.78. The van der Waals surface area contributed by atoms with E-state index in [1.807, 2.05) is 0 Å². The number of ether oxygens (including phenoxy) is 1. The number of aliphatic hydroxyl groups excluding tert-OH is 3. The Labute approximate surface area is 95.7 Å². The first-order chi connectivity index (χ1) is 8.04. The van der Waals surface area contributed by atoms with Gasteiger partial charge in [0.1, 0.15) is 24.4 Å². The number of nitrogens with zero attached hydrogens (tertiary/aromatic N) is 1. The summed E-state index contributed by atoms with van der Waals surface area (Å²) in [5, 5.41) is 28.2. The van der Waals surface area contributed by atoms with Gasteiger partial charge in [-0.1, -0.05) is 0 Å². The van der Waals surface area contributed by atoms with Gasteiger partial charge in [0, 0.05) is 6.20 Å². The van der Waals surface area contributed by atoms with E-state index in [0.29, 0.717) is 0 Å². The Morgan fingerprint density at radius 1 is 1.47 bits per heavy atom. The van der Waals surface area contributed by atoms with Crippen molar-refractivity contribution in [1.29, 1.82) is 0 Å². The van der Waals surface area contributed by atoms with Crippen molar-refractivity contribution in [1.82, 2.24) is 9.97 Å². The molecule has 1 aromatic heterocycles. The molecular formula is C9H13N3O5. The lowest BCUT2D eigenvalue weighted by molar-refractivity contribution is -0.0232. The average Bonchev–Trinajstić information content (AvgIpc) is 2.57. The molecule has 17 heavy (non-hydrogen) atoms. The van der Waals surface area contributed by atoms with E-state index in [0.717, 1.165) is 0 Å². The third-order valence-corrected chi connectivity index (χ3v) is 2.69. The molecule has 1 saturated heterocycles. The van der Waals surface area contributed by atoms with Crippen LogP contribution in [0.1, 0.15) is 11.7 Å². The molecule has 8 heteroatoms. The van der Waals surface area contributed by atoms with Gasteiger partial charge in [-0.25, -0.2) is 0 Å². The van der Waals surface area contributed by atoms with E-state index in [2.05, 4.69) is 9.97 Å². The van der Waals surface area contributed by atoms with Crippen LogP contribution in [-0.2, 0) is 4.74 Å². The standard InChI is InChI=1S/C9H13N3O5/c10-9-11-1-3(8(16)12-9)7-6(15)5(14)4(2-13)17-7/h1,4-7,13-15H,2H2,(H3,10,11,12,16)/t4-,5?,6?,7+/m1/s1. The van der Waals surface area contributed by atoms with Gasteiger partial charge in [-0.3, -0.25) is 4.79 Å². The molecule has 1 fully saturated rings. The summed E-state index contributed by atoms with van der Waals surface area (Å²) in [6.07, 6.45) is -3.23. The maximum atomic E-state index is 11.5. The van der Waals surface area contributed by atoms with E-state index in [4.69, 9.17) is 15.6 Å². The van der Waals surface area contributed by atoms with Gasteiger partial charge in [-0.05, 0) is 0 Å². The maximum Gasteiger partial charge on any atom is 0.280 e. The van der Waals surface area contributed by atoms with Crippen LogP contribution >= 0.6 is 0 Å². The van der Waals surface area contributed by atoms with Crippen molar-refractivity contribution in [2.45, 2.75) is 24.4 Å². The highest BCUT2D eigenvalue weighted by Gasteiger charge is 2.44. The van der Waals surface area contributed by atoms with Crippen LogP contribution in [0.4, 0.5) is 5.95 Å². The van der Waals surface area contributed by atoms with Crippen molar-refractivity contribution >= 4 is 5.95 Å². The predicted octanol–water partition coefficient (Wildman–Crippen LogP) is -2.49. The van der Waals surface area contributed by atoms with Gasteiger partial charge in [0.05, 0.1) is 12.2 Å². The lowest BCUT2D eigenvalue weighted by atomic mass is 10.0. The largest absolute Gasteiger partial charge is 0.394 e. The molecule has 0 spiro atoms. The lowest BCUT2D eigenvalue weighted by Gasteiger charge is -2.13. The molecule has 94 valence electrons. The summed E-state index contributed by atoms with van der Waals surface area (Å²) in [6.45, 7) is -0.449. The number of rotatable bonds is 2. The maximum absolute atomic E-state index is 11.5. The monoisotopic (exact) mass is 243 g/mol. The quantitative estimate of drug-likeness (QED) is 0.386. The molecule has 4 atom stereocenters. The van der Waals surface area contributed by atoms with Crippen molar-refractivity contribution in [2.75, 3.05) is 12.3 Å². The van der Waals surface area contributed by atoms with Gasteiger partial charge >= 0.3 is 0 Å². The van der Waals surface area contributed by atoms with Crippen LogP contribution in [0, 0.1) is 0 Å². The topological polar surface area (TPSA) is 142 Å². The molecule has 6 N–H and O–H groups in total. The summed E-state index contributed by atoms with van der Waals surface area (Å²) in [6, 6.07) is 0. The van der Waals surface area contributed by atoms with Gasteiger partial charge < -0.3 is 30.8 Å². The molecule has 0 bridgehead atoms. The first-order valence-electron chi connectivity index (χ1n) is 5.02. The Morgan fingerprint density at radius 3 is 2.71 bits per heavy atom. The zero-order valence-electron chi connectivity index (χ0n) is 8.78. The Balaban J connectivity index is 2.32. The molecular weight excluding hydrogens is 230 g/mol. The van der Waals surface area contributed by atoms with E-state index in [9.17, 15) is 15.0 Å². The van der Waals surface area contributed by atoms with Crippen molar-refractivity contribution in [3.8, 4) is 0 Å². The van der Waals surface area contributed by atoms with Crippen molar-refractivity contribution in [2.24, 2.45) is 0 Å². The molecule has 1 aliphatic heterocycles. The number of nitrogens with two attached hydrogens (primary N) is 1. The smallest absolute Gasteiger partial charge is 0.280 e. The summed E-state index contributed by atoms with van der Waals surface area (Å²) in [5.41, 5.74) is 4.70. The van der Waals surface area contributed by atoms with Crippen LogP contribution in [0.2, 0.25) is 0 Å². The molecule has 1 aromatic rings. The Hall–Kier alpha value is -1.48. The van der Waals surface area contributed by atoms with Crippen LogP contribution in [0.15, 0.2) is 11.0 Å². The summed E-state index contributed by atoms with van der Waals surface area (Å²) in [5.74, 6) is -0.0505. The Bertz CT molecular complexity index is 462. The first kappa shape index (κ1) is 12.0. The van der Waals surface area contributed by atoms with Crippen LogP contribution in [0.5, 0.6) is 0 Å². The van der Waals surface area contributed by atoms with E-state index in [1.165, 1.54) is 6.20 Å². The van der Waals surface area contributed by atoms with Crippen LogP contribution in [-0.4, -0.2) is 50.2 Å². The molecule has 2 heterocycles. The third-order valence-electron chi connectivity index (χ3n) is 2.69. The van der Waals surface area contributed by atoms with E-state index in [-0.39, 0.29) is 11.5 Å². The summed E-state index contributed by atoms with van der Waals surface area (Å²) in [4.78, 5) is 17.5. The summed E-state index contributed by atoms with van der Waals surface area (Å²) in [7, 11) is 0. The van der Waals surface area contributed by atoms with Crippen LogP contribution in [0.25, 0.3) is 0 Å². The van der Waals surface area contributed by atoms with E-state index < -0.39 is 36.6 Å². The number of hydrogen-bond acceptors (Lipinski definition) is 7. The molecule has 0 aromatic carbocycles.